The Kier molecular flexibility index (Phi) is 9.14. The number of halogens is 1. The third kappa shape index (κ3) is 7.47. The van der Waals surface area contributed by atoms with Crippen molar-refractivity contribution in [3.05, 3.63) is 74.8 Å². The normalized spacial score (nSPS) is 14.6. The number of rotatable bonds is 10. The summed E-state index contributed by atoms with van der Waals surface area (Å²) in [6.45, 7) is 2.05. The van der Waals surface area contributed by atoms with Crippen LogP contribution >= 0.6 is 23.4 Å². The van der Waals surface area contributed by atoms with Crippen LogP contribution in [0, 0.1) is 10.1 Å². The number of carbonyl (C=O) groups excluding carboxylic acids is 2. The molecule has 0 unspecified atom stereocenters. The second kappa shape index (κ2) is 12.0. The molecule has 33 heavy (non-hydrogen) atoms. The fourth-order valence-corrected chi connectivity index (χ4v) is 4.94. The Morgan fingerprint density at radius 3 is 2.52 bits per heavy atom. The van der Waals surface area contributed by atoms with E-state index in [4.69, 9.17) is 11.6 Å². The molecule has 2 amide bonds. The lowest BCUT2D eigenvalue weighted by atomic mass is 10.1. The highest BCUT2D eigenvalue weighted by molar-refractivity contribution is 7.99. The lowest BCUT2D eigenvalue weighted by Gasteiger charge is -2.29. The van der Waals surface area contributed by atoms with Gasteiger partial charge in [-0.1, -0.05) is 48.7 Å². The Balaban J connectivity index is 1.64. The van der Waals surface area contributed by atoms with E-state index in [2.05, 4.69) is 5.32 Å². The molecule has 7 nitrogen and oxygen atoms in total. The Labute approximate surface area is 203 Å². The van der Waals surface area contributed by atoms with Crippen molar-refractivity contribution >= 4 is 40.9 Å². The summed E-state index contributed by atoms with van der Waals surface area (Å²) in [5.74, 6) is 0.448. The van der Waals surface area contributed by atoms with Gasteiger partial charge in [0.05, 0.1) is 10.7 Å². The number of non-ortho nitro benzene ring substituents is 1. The topological polar surface area (TPSA) is 92.6 Å². The average molecular weight is 490 g/mol. The van der Waals surface area contributed by atoms with Gasteiger partial charge < -0.3 is 10.2 Å². The van der Waals surface area contributed by atoms with Crippen molar-refractivity contribution in [1.29, 1.82) is 0 Å². The van der Waals surface area contributed by atoms with Gasteiger partial charge in [0.2, 0.25) is 11.8 Å². The number of nitro benzene ring substituents is 1. The van der Waals surface area contributed by atoms with Crippen LogP contribution < -0.4 is 5.32 Å². The summed E-state index contributed by atoms with van der Waals surface area (Å²) in [7, 11) is 0. The predicted molar refractivity (Wildman–Crippen MR) is 131 cm³/mol. The van der Waals surface area contributed by atoms with E-state index < -0.39 is 11.0 Å². The average Bonchev–Trinajstić information content (AvgIpc) is 3.30. The van der Waals surface area contributed by atoms with E-state index in [-0.39, 0.29) is 35.8 Å². The van der Waals surface area contributed by atoms with Gasteiger partial charge in [-0.25, -0.2) is 0 Å². The SMILES string of the molecule is C[C@H](C(=O)NC1CCCC1)N(Cc1cccc(Cl)c1)C(=O)CSCc1ccc([N+](=O)[O-])cc1. The third-order valence-electron chi connectivity index (χ3n) is 5.75. The van der Waals surface area contributed by atoms with Crippen LogP contribution in [-0.4, -0.2) is 39.5 Å². The summed E-state index contributed by atoms with van der Waals surface area (Å²) in [5.41, 5.74) is 1.79. The third-order valence-corrected chi connectivity index (χ3v) is 6.98. The minimum atomic E-state index is -0.614. The van der Waals surface area contributed by atoms with Crippen molar-refractivity contribution in [3.63, 3.8) is 0 Å². The quantitative estimate of drug-likeness (QED) is 0.376. The maximum atomic E-state index is 13.2. The summed E-state index contributed by atoms with van der Waals surface area (Å²) in [6.07, 6.45) is 4.19. The molecule has 1 aliphatic rings. The van der Waals surface area contributed by atoms with E-state index in [1.807, 2.05) is 12.1 Å². The van der Waals surface area contributed by atoms with Crippen molar-refractivity contribution in [2.75, 3.05) is 5.75 Å². The van der Waals surface area contributed by atoms with Crippen LogP contribution in [0.3, 0.4) is 0 Å². The Morgan fingerprint density at radius 1 is 1.18 bits per heavy atom. The van der Waals surface area contributed by atoms with Gasteiger partial charge in [0.1, 0.15) is 6.04 Å². The predicted octanol–water partition coefficient (Wildman–Crippen LogP) is 4.96. The van der Waals surface area contributed by atoms with Crippen molar-refractivity contribution in [1.82, 2.24) is 10.2 Å². The van der Waals surface area contributed by atoms with E-state index >= 15 is 0 Å². The Morgan fingerprint density at radius 2 is 1.88 bits per heavy atom. The number of carbonyl (C=O) groups is 2. The van der Waals surface area contributed by atoms with Gasteiger partial charge in [-0.3, -0.25) is 19.7 Å². The lowest BCUT2D eigenvalue weighted by molar-refractivity contribution is -0.384. The van der Waals surface area contributed by atoms with E-state index in [9.17, 15) is 19.7 Å². The molecule has 1 aliphatic carbocycles. The zero-order valence-electron chi connectivity index (χ0n) is 18.5. The highest BCUT2D eigenvalue weighted by Gasteiger charge is 2.28. The first-order chi connectivity index (χ1) is 15.8. The van der Waals surface area contributed by atoms with E-state index in [0.29, 0.717) is 10.8 Å². The summed E-state index contributed by atoms with van der Waals surface area (Å²) in [6, 6.07) is 13.1. The van der Waals surface area contributed by atoms with Crippen molar-refractivity contribution in [3.8, 4) is 0 Å². The second-order valence-electron chi connectivity index (χ2n) is 8.23. The van der Waals surface area contributed by atoms with Gasteiger partial charge in [0.15, 0.2) is 0 Å². The minimum absolute atomic E-state index is 0.0367. The minimum Gasteiger partial charge on any atom is -0.352 e. The van der Waals surface area contributed by atoms with E-state index in [1.165, 1.54) is 23.9 Å². The van der Waals surface area contributed by atoms with Crippen LogP contribution in [0.4, 0.5) is 5.69 Å². The molecule has 0 aliphatic heterocycles. The molecule has 1 fully saturated rings. The molecule has 2 aromatic rings. The number of nitrogens with zero attached hydrogens (tertiary/aromatic N) is 2. The molecule has 0 radical (unpaired) electrons. The first-order valence-electron chi connectivity index (χ1n) is 11.0. The number of benzene rings is 2. The van der Waals surface area contributed by atoms with Crippen molar-refractivity contribution in [2.45, 2.75) is 57.0 Å². The molecule has 3 rings (SSSR count). The largest absolute Gasteiger partial charge is 0.352 e. The summed E-state index contributed by atoms with van der Waals surface area (Å²) in [4.78, 5) is 38.0. The molecule has 1 saturated carbocycles. The first-order valence-corrected chi connectivity index (χ1v) is 12.5. The Hall–Kier alpha value is -2.58. The van der Waals surface area contributed by atoms with Crippen LogP contribution in [0.25, 0.3) is 0 Å². The maximum Gasteiger partial charge on any atom is 0.269 e. The van der Waals surface area contributed by atoms with Crippen LogP contribution in [-0.2, 0) is 21.9 Å². The standard InChI is InChI=1S/C24H28ClN3O4S/c1-17(24(30)26-21-7-2-3-8-21)27(14-19-5-4-6-20(25)13-19)23(29)16-33-15-18-9-11-22(12-10-18)28(31)32/h4-6,9-13,17,21H,2-3,7-8,14-16H2,1H3,(H,26,30)/t17-/m1/s1. The van der Waals surface area contributed by atoms with Crippen LogP contribution in [0.1, 0.15) is 43.7 Å². The van der Waals surface area contributed by atoms with Gasteiger partial charge in [-0.05, 0) is 43.0 Å². The number of nitrogens with one attached hydrogen (secondary N) is 1. The smallest absolute Gasteiger partial charge is 0.269 e. The summed E-state index contributed by atoms with van der Waals surface area (Å²) >= 11 is 7.53. The molecule has 1 atom stereocenters. The fourth-order valence-electron chi connectivity index (χ4n) is 3.86. The number of amides is 2. The highest BCUT2D eigenvalue weighted by atomic mass is 35.5. The molecule has 9 heteroatoms. The molecule has 0 bridgehead atoms. The number of hydrogen-bond donors (Lipinski definition) is 1. The molecule has 1 N–H and O–H groups in total. The van der Waals surface area contributed by atoms with Gasteiger partial charge in [0, 0.05) is 35.5 Å². The molecule has 0 heterocycles. The summed E-state index contributed by atoms with van der Waals surface area (Å²) in [5, 5.41) is 14.5. The molecule has 0 aromatic heterocycles. The van der Waals surface area contributed by atoms with Gasteiger partial charge in [-0.2, -0.15) is 0 Å². The van der Waals surface area contributed by atoms with Crippen molar-refractivity contribution < 1.29 is 14.5 Å². The lowest BCUT2D eigenvalue weighted by Crippen LogP contribution is -2.50. The second-order valence-corrected chi connectivity index (χ2v) is 9.66. The number of thioether (sulfide) groups is 1. The molecule has 2 aromatic carbocycles. The first kappa shape index (κ1) is 25.1. The van der Waals surface area contributed by atoms with Crippen LogP contribution in [0.5, 0.6) is 0 Å². The fraction of sp³-hybridized carbons (Fsp3) is 0.417. The molecular formula is C24H28ClN3O4S. The molecule has 0 spiro atoms. The van der Waals surface area contributed by atoms with E-state index in [0.717, 1.165) is 36.8 Å². The van der Waals surface area contributed by atoms with Gasteiger partial charge in [0.25, 0.3) is 5.69 Å². The molecule has 0 saturated heterocycles. The van der Waals surface area contributed by atoms with E-state index in [1.54, 1.807) is 36.1 Å². The summed E-state index contributed by atoms with van der Waals surface area (Å²) < 4.78 is 0. The van der Waals surface area contributed by atoms with Crippen LogP contribution in [0.15, 0.2) is 48.5 Å². The maximum absolute atomic E-state index is 13.2. The highest BCUT2D eigenvalue weighted by Crippen LogP contribution is 2.21. The van der Waals surface area contributed by atoms with Gasteiger partial charge in [-0.15, -0.1) is 11.8 Å². The van der Waals surface area contributed by atoms with Gasteiger partial charge >= 0.3 is 0 Å². The molecule has 176 valence electrons. The monoisotopic (exact) mass is 489 g/mol. The van der Waals surface area contributed by atoms with Crippen LogP contribution in [0.2, 0.25) is 5.02 Å². The number of hydrogen-bond acceptors (Lipinski definition) is 5. The molecular weight excluding hydrogens is 462 g/mol. The zero-order valence-corrected chi connectivity index (χ0v) is 20.1. The van der Waals surface area contributed by atoms with Crippen molar-refractivity contribution in [2.24, 2.45) is 0 Å². The Bertz CT molecular complexity index is 980. The zero-order chi connectivity index (χ0) is 23.8. The number of nitro groups is 1.